The third kappa shape index (κ3) is 5.55. The predicted octanol–water partition coefficient (Wildman–Crippen LogP) is 2.39. The Morgan fingerprint density at radius 3 is 1.86 bits per heavy atom. The van der Waals surface area contributed by atoms with Gasteiger partial charge in [0, 0.05) is 26.6 Å². The second-order valence-electron chi connectivity index (χ2n) is 6.06. The molecule has 1 heterocycles. The van der Waals surface area contributed by atoms with Crippen LogP contribution in [0.2, 0.25) is 0 Å². The molecule has 0 radical (unpaired) electrons. The van der Waals surface area contributed by atoms with E-state index in [2.05, 4.69) is 5.32 Å². The summed E-state index contributed by atoms with van der Waals surface area (Å²) in [6.07, 6.45) is 0. The van der Waals surface area contributed by atoms with Crippen LogP contribution in [0.1, 0.15) is 6.92 Å². The highest BCUT2D eigenvalue weighted by atomic mass is 16.4. The van der Waals surface area contributed by atoms with Crippen LogP contribution < -0.4 is 10.2 Å². The van der Waals surface area contributed by atoms with E-state index in [0.717, 1.165) is 6.92 Å². The third-order valence-corrected chi connectivity index (χ3v) is 3.99. The van der Waals surface area contributed by atoms with Gasteiger partial charge in [0.15, 0.2) is 0 Å². The smallest absolute Gasteiger partial charge is 0.329 e. The van der Waals surface area contributed by atoms with Gasteiger partial charge in [0.2, 0.25) is 0 Å². The van der Waals surface area contributed by atoms with Gasteiger partial charge in [0.1, 0.15) is 6.04 Å². The average Bonchev–Trinajstić information content (AvgIpc) is 2.69. The number of carboxylic acid groups (broad SMARTS) is 2. The second kappa shape index (κ2) is 10.1. The topological polar surface area (TPSA) is 110 Å². The van der Waals surface area contributed by atoms with Crippen molar-refractivity contribution in [1.29, 1.82) is 0 Å². The van der Waals surface area contributed by atoms with E-state index in [1.54, 1.807) is 4.90 Å². The van der Waals surface area contributed by atoms with E-state index in [1.807, 2.05) is 60.7 Å². The van der Waals surface area contributed by atoms with Gasteiger partial charge in [0.05, 0.1) is 11.4 Å². The van der Waals surface area contributed by atoms with Crippen molar-refractivity contribution >= 4 is 29.3 Å². The molecule has 0 aliphatic carbocycles. The molecule has 0 unspecified atom stereocenters. The highest BCUT2D eigenvalue weighted by molar-refractivity contribution is 6.01. The molecule has 8 nitrogen and oxygen atoms in total. The molecule has 148 valence electrons. The third-order valence-electron chi connectivity index (χ3n) is 3.99. The molecule has 3 rings (SSSR count). The van der Waals surface area contributed by atoms with E-state index in [1.165, 1.54) is 4.90 Å². The summed E-state index contributed by atoms with van der Waals surface area (Å²) in [4.78, 5) is 36.7. The molecule has 1 atom stereocenters. The maximum absolute atomic E-state index is 13.2. The lowest BCUT2D eigenvalue weighted by Gasteiger charge is -2.37. The normalized spacial score (nSPS) is 15.8. The number of carboxylic acids is 2. The van der Waals surface area contributed by atoms with Crippen LogP contribution in [0.15, 0.2) is 60.7 Å². The Labute approximate surface area is 163 Å². The highest BCUT2D eigenvalue weighted by Gasteiger charge is 2.35. The molecule has 0 aromatic heterocycles. The standard InChI is InChI=1S/C18H19N3O3.C2H4O2/c22-17(23)16-13-19-11-12-20(16)18(24)21(14-7-3-1-4-8-14)15-9-5-2-6-10-15;1-2(3)4/h1-10,16,19H,11-13H2,(H,22,23);1H3,(H,3,4)/t16-;/m0./s1. The summed E-state index contributed by atoms with van der Waals surface area (Å²) in [7, 11) is 0. The minimum atomic E-state index is -1.00. The molecule has 8 heteroatoms. The quantitative estimate of drug-likeness (QED) is 0.748. The van der Waals surface area contributed by atoms with E-state index in [-0.39, 0.29) is 12.6 Å². The fraction of sp³-hybridized carbons (Fsp3) is 0.250. The number of rotatable bonds is 3. The van der Waals surface area contributed by atoms with Gasteiger partial charge in [-0.05, 0) is 24.3 Å². The van der Waals surface area contributed by atoms with E-state index in [9.17, 15) is 14.7 Å². The number of urea groups is 1. The molecule has 0 saturated carbocycles. The van der Waals surface area contributed by atoms with Crippen molar-refractivity contribution in [3.63, 3.8) is 0 Å². The van der Waals surface area contributed by atoms with Gasteiger partial charge < -0.3 is 20.4 Å². The lowest BCUT2D eigenvalue weighted by molar-refractivity contribution is -0.142. The van der Waals surface area contributed by atoms with Crippen molar-refractivity contribution in [3.05, 3.63) is 60.7 Å². The molecule has 28 heavy (non-hydrogen) atoms. The molecule has 0 spiro atoms. The minimum Gasteiger partial charge on any atom is -0.481 e. The zero-order chi connectivity index (χ0) is 20.5. The number of hydrogen-bond donors (Lipinski definition) is 3. The molecule has 2 amide bonds. The first-order chi connectivity index (χ1) is 13.4. The molecular formula is C20H23N3O5. The lowest BCUT2D eigenvalue weighted by atomic mass is 10.2. The second-order valence-corrected chi connectivity index (χ2v) is 6.06. The molecule has 1 aliphatic heterocycles. The lowest BCUT2D eigenvalue weighted by Crippen LogP contribution is -2.59. The number of anilines is 2. The van der Waals surface area contributed by atoms with Crippen LogP contribution in [0.3, 0.4) is 0 Å². The molecule has 1 fully saturated rings. The zero-order valence-electron chi connectivity index (χ0n) is 15.5. The van der Waals surface area contributed by atoms with Crippen LogP contribution in [0.4, 0.5) is 16.2 Å². The summed E-state index contributed by atoms with van der Waals surface area (Å²) < 4.78 is 0. The van der Waals surface area contributed by atoms with Gasteiger partial charge in [0.25, 0.3) is 5.97 Å². The Bertz CT molecular complexity index is 755. The van der Waals surface area contributed by atoms with Crippen LogP contribution in [0.25, 0.3) is 0 Å². The molecular weight excluding hydrogens is 362 g/mol. The summed E-state index contributed by atoms with van der Waals surface area (Å²) >= 11 is 0. The van der Waals surface area contributed by atoms with Gasteiger partial charge in [-0.15, -0.1) is 0 Å². The van der Waals surface area contributed by atoms with Gasteiger partial charge in [-0.3, -0.25) is 9.69 Å². The summed E-state index contributed by atoms with van der Waals surface area (Å²) in [6.45, 7) is 2.26. The number of hydrogen-bond acceptors (Lipinski definition) is 4. The SMILES string of the molecule is CC(=O)O.O=C(O)[C@@H]1CNCCN1C(=O)N(c1ccccc1)c1ccccc1. The summed E-state index contributed by atoms with van der Waals surface area (Å²) in [5.74, 6) is -1.84. The van der Waals surface area contributed by atoms with Gasteiger partial charge in [-0.25, -0.2) is 9.59 Å². The number of para-hydroxylation sites is 2. The van der Waals surface area contributed by atoms with Crippen LogP contribution in [-0.2, 0) is 9.59 Å². The number of aliphatic carboxylic acids is 2. The molecule has 2 aromatic carbocycles. The largest absolute Gasteiger partial charge is 0.481 e. The fourth-order valence-corrected chi connectivity index (χ4v) is 2.81. The van der Waals surface area contributed by atoms with Crippen LogP contribution in [-0.4, -0.2) is 58.8 Å². The number of carbonyl (C=O) groups excluding carboxylic acids is 1. The molecule has 0 bridgehead atoms. The maximum atomic E-state index is 13.2. The van der Waals surface area contributed by atoms with Crippen molar-refractivity contribution in [3.8, 4) is 0 Å². The minimum absolute atomic E-state index is 0.249. The van der Waals surface area contributed by atoms with E-state index in [0.29, 0.717) is 24.5 Å². The number of nitrogens with zero attached hydrogens (tertiary/aromatic N) is 2. The van der Waals surface area contributed by atoms with Gasteiger partial charge in [-0.2, -0.15) is 0 Å². The van der Waals surface area contributed by atoms with Crippen molar-refractivity contribution in [2.24, 2.45) is 0 Å². The maximum Gasteiger partial charge on any atom is 0.329 e. The number of amides is 2. The Morgan fingerprint density at radius 1 is 0.964 bits per heavy atom. The highest BCUT2D eigenvalue weighted by Crippen LogP contribution is 2.27. The van der Waals surface area contributed by atoms with Crippen molar-refractivity contribution in [2.45, 2.75) is 13.0 Å². The summed E-state index contributed by atoms with van der Waals surface area (Å²) in [5.41, 5.74) is 1.41. The number of benzene rings is 2. The summed E-state index contributed by atoms with van der Waals surface area (Å²) in [5, 5.41) is 19.9. The Kier molecular flexibility index (Phi) is 7.53. The summed E-state index contributed by atoms with van der Waals surface area (Å²) in [6, 6.07) is 17.3. The van der Waals surface area contributed by atoms with Crippen molar-refractivity contribution in [2.75, 3.05) is 24.5 Å². The van der Waals surface area contributed by atoms with Crippen LogP contribution in [0, 0.1) is 0 Å². The zero-order valence-corrected chi connectivity index (χ0v) is 15.5. The number of carbonyl (C=O) groups is 3. The predicted molar refractivity (Wildman–Crippen MR) is 105 cm³/mol. The van der Waals surface area contributed by atoms with Gasteiger partial charge >= 0.3 is 12.0 Å². The Balaban J connectivity index is 0.000000640. The molecule has 3 N–H and O–H groups in total. The van der Waals surface area contributed by atoms with Gasteiger partial charge in [-0.1, -0.05) is 36.4 Å². The van der Waals surface area contributed by atoms with Crippen LogP contribution in [0.5, 0.6) is 0 Å². The number of nitrogens with one attached hydrogen (secondary N) is 1. The molecule has 1 aliphatic rings. The Morgan fingerprint density at radius 2 is 1.43 bits per heavy atom. The monoisotopic (exact) mass is 385 g/mol. The molecule has 1 saturated heterocycles. The number of piperazine rings is 1. The van der Waals surface area contributed by atoms with E-state index >= 15 is 0 Å². The first kappa shape index (κ1) is 20.9. The average molecular weight is 385 g/mol. The van der Waals surface area contributed by atoms with E-state index in [4.69, 9.17) is 9.90 Å². The first-order valence-corrected chi connectivity index (χ1v) is 8.75. The van der Waals surface area contributed by atoms with Crippen molar-refractivity contribution < 1.29 is 24.6 Å². The molecule has 2 aromatic rings. The fourth-order valence-electron chi connectivity index (χ4n) is 2.81. The first-order valence-electron chi connectivity index (χ1n) is 8.75. The Hall–Kier alpha value is -3.39. The van der Waals surface area contributed by atoms with Crippen LogP contribution >= 0.6 is 0 Å². The van der Waals surface area contributed by atoms with E-state index < -0.39 is 18.0 Å². The van der Waals surface area contributed by atoms with Crippen molar-refractivity contribution in [1.82, 2.24) is 10.2 Å².